The van der Waals surface area contributed by atoms with E-state index in [2.05, 4.69) is 29.3 Å². The highest BCUT2D eigenvalue weighted by Crippen LogP contribution is 2.33. The zero-order valence-corrected chi connectivity index (χ0v) is 25.3. The van der Waals surface area contributed by atoms with E-state index in [1.165, 1.54) is 12.8 Å². The van der Waals surface area contributed by atoms with E-state index in [9.17, 15) is 5.11 Å². The lowest BCUT2D eigenvalue weighted by molar-refractivity contribution is 0.212. The first-order valence-electron chi connectivity index (χ1n) is 15.3. The van der Waals surface area contributed by atoms with Gasteiger partial charge in [-0.1, -0.05) is 25.8 Å². The monoisotopic (exact) mass is 583 g/mol. The smallest absolute Gasteiger partial charge is 0.230 e. The Balaban J connectivity index is 1.34. The van der Waals surface area contributed by atoms with Gasteiger partial charge in [-0.05, 0) is 63.5 Å². The Kier molecular flexibility index (Phi) is 8.58. The number of pyridine rings is 2. The molecule has 0 amide bonds. The molecular formula is C33H41N7O3. The summed E-state index contributed by atoms with van der Waals surface area (Å²) in [5, 5.41) is 13.9. The number of aliphatic hydroxyl groups excluding tert-OH is 1. The van der Waals surface area contributed by atoms with Crippen molar-refractivity contribution >= 4 is 22.8 Å². The van der Waals surface area contributed by atoms with Crippen LogP contribution in [0.5, 0.6) is 11.5 Å². The van der Waals surface area contributed by atoms with E-state index in [1.807, 2.05) is 48.5 Å². The summed E-state index contributed by atoms with van der Waals surface area (Å²) in [5.74, 6) is 2.68. The molecule has 3 aromatic heterocycles. The molecule has 2 aliphatic heterocycles. The number of aliphatic hydroxyl groups is 1. The van der Waals surface area contributed by atoms with Gasteiger partial charge < -0.3 is 24.8 Å². The number of nitrogens with one attached hydrogen (secondary N) is 1. The summed E-state index contributed by atoms with van der Waals surface area (Å²) < 4.78 is 11.5. The molecule has 43 heavy (non-hydrogen) atoms. The van der Waals surface area contributed by atoms with Crippen LogP contribution in [0, 0.1) is 0 Å². The van der Waals surface area contributed by atoms with Crippen LogP contribution in [0.15, 0.2) is 48.8 Å². The first-order valence-corrected chi connectivity index (χ1v) is 15.3. The maximum Gasteiger partial charge on any atom is 0.230 e. The molecule has 1 fully saturated rings. The lowest BCUT2D eigenvalue weighted by Crippen LogP contribution is -2.39. The van der Waals surface area contributed by atoms with Gasteiger partial charge in [0.2, 0.25) is 5.95 Å². The number of fused-ring (bicyclic) bond motifs is 2. The molecule has 1 saturated heterocycles. The van der Waals surface area contributed by atoms with Crippen molar-refractivity contribution in [1.29, 1.82) is 0 Å². The third-order valence-electron chi connectivity index (χ3n) is 8.41. The summed E-state index contributed by atoms with van der Waals surface area (Å²) in [6.45, 7) is 8.21. The van der Waals surface area contributed by atoms with E-state index >= 15 is 0 Å². The number of benzene rings is 1. The van der Waals surface area contributed by atoms with Crippen LogP contribution in [0.25, 0.3) is 22.2 Å². The molecule has 0 bridgehead atoms. The van der Waals surface area contributed by atoms with Crippen molar-refractivity contribution in [2.24, 2.45) is 0 Å². The molecular weight excluding hydrogens is 542 g/mol. The van der Waals surface area contributed by atoms with E-state index in [-0.39, 0.29) is 6.61 Å². The minimum absolute atomic E-state index is 0.0244. The topological polar surface area (TPSA) is 109 Å². The van der Waals surface area contributed by atoms with Crippen molar-refractivity contribution in [1.82, 2.24) is 24.8 Å². The van der Waals surface area contributed by atoms with Crippen molar-refractivity contribution in [3.05, 3.63) is 60.0 Å². The zero-order chi connectivity index (χ0) is 29.8. The van der Waals surface area contributed by atoms with Gasteiger partial charge in [-0.15, -0.1) is 0 Å². The van der Waals surface area contributed by atoms with Crippen LogP contribution >= 0.6 is 0 Å². The van der Waals surface area contributed by atoms with E-state index in [1.54, 1.807) is 7.11 Å². The molecule has 1 unspecified atom stereocenters. The number of anilines is 2. The number of hydrogen-bond donors (Lipinski definition) is 2. The van der Waals surface area contributed by atoms with Gasteiger partial charge in [0.1, 0.15) is 17.0 Å². The van der Waals surface area contributed by atoms with Crippen molar-refractivity contribution in [3.8, 4) is 22.6 Å². The van der Waals surface area contributed by atoms with Crippen LogP contribution in [-0.2, 0) is 13.1 Å². The van der Waals surface area contributed by atoms with Crippen molar-refractivity contribution in [3.63, 3.8) is 0 Å². The summed E-state index contributed by atoms with van der Waals surface area (Å²) in [7, 11) is 1.65. The maximum absolute atomic E-state index is 10.3. The second-order valence-corrected chi connectivity index (χ2v) is 11.9. The Bertz CT molecular complexity index is 1560. The molecule has 226 valence electrons. The lowest BCUT2D eigenvalue weighted by Gasteiger charge is -2.32. The third-order valence-corrected chi connectivity index (χ3v) is 8.41. The van der Waals surface area contributed by atoms with Crippen molar-refractivity contribution in [2.75, 3.05) is 43.8 Å². The SMILES string of the molecule is CCCCC(C)(CO)Nc1nc(N2COc3cc(OC)ccc3C2)nc2cc(-c3ccc(CN4CCCC4)nc3)cnc12. The Morgan fingerprint density at radius 3 is 2.63 bits per heavy atom. The van der Waals surface area contributed by atoms with Gasteiger partial charge in [0.05, 0.1) is 37.0 Å². The fourth-order valence-corrected chi connectivity index (χ4v) is 5.74. The molecule has 1 aromatic carbocycles. The number of hydrogen-bond acceptors (Lipinski definition) is 10. The molecule has 0 aliphatic carbocycles. The van der Waals surface area contributed by atoms with Gasteiger partial charge in [-0.2, -0.15) is 4.98 Å². The number of unbranched alkanes of at least 4 members (excludes halogenated alkanes) is 1. The Hall–Kier alpha value is -4.02. The number of aromatic nitrogens is 4. The Morgan fingerprint density at radius 1 is 1.05 bits per heavy atom. The predicted octanol–water partition coefficient (Wildman–Crippen LogP) is 5.40. The minimum Gasteiger partial charge on any atom is -0.497 e. The van der Waals surface area contributed by atoms with E-state index in [0.717, 1.165) is 72.8 Å². The quantitative estimate of drug-likeness (QED) is 0.238. The van der Waals surface area contributed by atoms with Crippen LogP contribution in [0.2, 0.25) is 0 Å². The van der Waals surface area contributed by atoms with Crippen LogP contribution in [0.3, 0.4) is 0 Å². The van der Waals surface area contributed by atoms with Crippen LogP contribution in [-0.4, -0.2) is 69.0 Å². The summed E-state index contributed by atoms with van der Waals surface area (Å²) in [6.07, 6.45) is 9.13. The average Bonchev–Trinajstić information content (AvgIpc) is 3.56. The maximum atomic E-state index is 10.3. The van der Waals surface area contributed by atoms with E-state index in [0.29, 0.717) is 36.1 Å². The van der Waals surface area contributed by atoms with Gasteiger partial charge >= 0.3 is 0 Å². The van der Waals surface area contributed by atoms with Gasteiger partial charge in [-0.25, -0.2) is 4.98 Å². The van der Waals surface area contributed by atoms with Crippen molar-refractivity contribution < 1.29 is 14.6 Å². The normalized spacial score (nSPS) is 16.5. The second-order valence-electron chi connectivity index (χ2n) is 11.9. The van der Waals surface area contributed by atoms with E-state index < -0.39 is 5.54 Å². The Morgan fingerprint density at radius 2 is 1.88 bits per heavy atom. The number of methoxy groups -OCH3 is 1. The van der Waals surface area contributed by atoms with Crippen molar-refractivity contribution in [2.45, 2.75) is 64.6 Å². The van der Waals surface area contributed by atoms with E-state index in [4.69, 9.17) is 29.4 Å². The molecule has 2 N–H and O–H groups in total. The zero-order valence-electron chi connectivity index (χ0n) is 25.3. The molecule has 0 spiro atoms. The van der Waals surface area contributed by atoms with Crippen LogP contribution in [0.1, 0.15) is 57.2 Å². The highest BCUT2D eigenvalue weighted by atomic mass is 16.5. The fourth-order valence-electron chi connectivity index (χ4n) is 5.74. The minimum atomic E-state index is -0.550. The number of rotatable bonds is 11. The lowest BCUT2D eigenvalue weighted by atomic mass is 9.96. The van der Waals surface area contributed by atoms with Gasteiger partial charge in [-0.3, -0.25) is 14.9 Å². The number of ether oxygens (including phenoxy) is 2. The molecule has 6 rings (SSSR count). The summed E-state index contributed by atoms with van der Waals surface area (Å²) >= 11 is 0. The third kappa shape index (κ3) is 6.50. The van der Waals surface area contributed by atoms with Gasteiger partial charge in [0.15, 0.2) is 12.5 Å². The molecule has 1 atom stereocenters. The fraction of sp³-hybridized carbons (Fsp3) is 0.455. The first kappa shape index (κ1) is 29.1. The largest absolute Gasteiger partial charge is 0.497 e. The predicted molar refractivity (Wildman–Crippen MR) is 168 cm³/mol. The average molecular weight is 584 g/mol. The summed E-state index contributed by atoms with van der Waals surface area (Å²) in [6, 6.07) is 12.1. The molecule has 5 heterocycles. The molecule has 0 radical (unpaired) electrons. The molecule has 4 aromatic rings. The Labute approximate surface area is 253 Å². The van der Waals surface area contributed by atoms with Gasteiger partial charge in [0.25, 0.3) is 0 Å². The van der Waals surface area contributed by atoms with Gasteiger partial charge in [0, 0.05) is 41.7 Å². The number of nitrogens with zero attached hydrogens (tertiary/aromatic N) is 6. The standard InChI is InChI=1S/C33H41N7O3/c1-4-5-12-33(2,21-41)38-31-30-28(36-32(37-31)40-19-24-9-11-27(42-3)16-29(24)43-22-40)15-25(18-35-30)23-8-10-26(34-17-23)20-39-13-6-7-14-39/h8-11,15-18,41H,4-7,12-14,19-22H2,1-3H3,(H,36,37,38). The molecule has 10 heteroatoms. The summed E-state index contributed by atoms with van der Waals surface area (Å²) in [4.78, 5) is 24.0. The molecule has 2 aliphatic rings. The first-order chi connectivity index (χ1) is 21.0. The number of likely N-dealkylation sites (tertiary alicyclic amines) is 1. The van der Waals surface area contributed by atoms with Crippen LogP contribution in [0.4, 0.5) is 11.8 Å². The highest BCUT2D eigenvalue weighted by Gasteiger charge is 2.27. The summed E-state index contributed by atoms with van der Waals surface area (Å²) in [5.41, 5.74) is 4.85. The highest BCUT2D eigenvalue weighted by molar-refractivity contribution is 5.89. The molecule has 10 nitrogen and oxygen atoms in total. The molecule has 0 saturated carbocycles. The van der Waals surface area contributed by atoms with Crippen LogP contribution < -0.4 is 19.7 Å². The second kappa shape index (κ2) is 12.7.